The van der Waals surface area contributed by atoms with Crippen molar-refractivity contribution in [2.45, 2.75) is 13.0 Å². The third kappa shape index (κ3) is 3.37. The lowest BCUT2D eigenvalue weighted by Gasteiger charge is -2.14. The zero-order chi connectivity index (χ0) is 15.6. The fourth-order valence-corrected chi connectivity index (χ4v) is 2.30. The van der Waals surface area contributed by atoms with E-state index < -0.39 is 16.8 Å². The van der Waals surface area contributed by atoms with Crippen molar-refractivity contribution >= 4 is 21.6 Å². The number of benzene rings is 2. The summed E-state index contributed by atoms with van der Waals surface area (Å²) in [5, 5.41) is 10.9. The van der Waals surface area contributed by atoms with Gasteiger partial charge in [-0.25, -0.2) is 4.39 Å². The lowest BCUT2D eigenvalue weighted by atomic mass is 10.1. The van der Waals surface area contributed by atoms with Crippen LogP contribution in [-0.4, -0.2) is 4.92 Å². The van der Waals surface area contributed by atoms with Crippen LogP contribution in [0, 0.1) is 15.9 Å². The van der Waals surface area contributed by atoms with E-state index in [1.807, 2.05) is 0 Å². The number of nitrogens with zero attached hydrogens (tertiary/aromatic N) is 1. The van der Waals surface area contributed by atoms with Crippen molar-refractivity contribution in [3.63, 3.8) is 0 Å². The summed E-state index contributed by atoms with van der Waals surface area (Å²) in [6.45, 7) is 1.70. The largest absolute Gasteiger partial charge is 0.456 e. The monoisotopic (exact) mass is 354 g/mol. The van der Waals surface area contributed by atoms with E-state index in [0.717, 1.165) is 0 Å². The second-order valence-corrected chi connectivity index (χ2v) is 5.21. The number of hydrogen-bond acceptors (Lipinski definition) is 4. The molecule has 0 aliphatic rings. The van der Waals surface area contributed by atoms with Gasteiger partial charge >= 0.3 is 0 Å². The number of nitrogens with two attached hydrogens (primary N) is 1. The maximum Gasteiger partial charge on any atom is 0.287 e. The molecule has 0 aliphatic carbocycles. The van der Waals surface area contributed by atoms with E-state index in [1.165, 1.54) is 30.3 Å². The molecule has 21 heavy (non-hydrogen) atoms. The lowest BCUT2D eigenvalue weighted by molar-refractivity contribution is -0.385. The molecule has 0 heterocycles. The fraction of sp³-hybridized carbons (Fsp3) is 0.143. The van der Waals surface area contributed by atoms with Crippen LogP contribution >= 0.6 is 15.9 Å². The zero-order valence-electron chi connectivity index (χ0n) is 11.0. The van der Waals surface area contributed by atoms with Gasteiger partial charge in [-0.05, 0) is 47.1 Å². The Morgan fingerprint density at radius 3 is 2.67 bits per heavy atom. The second-order valence-electron chi connectivity index (χ2n) is 4.42. The first kappa shape index (κ1) is 15.4. The number of rotatable bonds is 4. The van der Waals surface area contributed by atoms with Crippen LogP contribution in [0.15, 0.2) is 40.9 Å². The first-order valence-corrected chi connectivity index (χ1v) is 6.85. The maximum atomic E-state index is 13.3. The summed E-state index contributed by atoms with van der Waals surface area (Å²) in [5.74, 6) is 0.193. The van der Waals surface area contributed by atoms with Crippen LogP contribution in [0.25, 0.3) is 0 Å². The summed E-state index contributed by atoms with van der Waals surface area (Å²) < 4.78 is 19.2. The average Bonchev–Trinajstić information content (AvgIpc) is 2.42. The molecule has 0 unspecified atom stereocenters. The van der Waals surface area contributed by atoms with Crippen molar-refractivity contribution in [3.05, 3.63) is 62.4 Å². The van der Waals surface area contributed by atoms with E-state index in [-0.39, 0.29) is 15.9 Å². The zero-order valence-corrected chi connectivity index (χ0v) is 12.6. The standard InChI is InChI=1S/C14H12BrFN2O3/c1-8(17)10-7-9(16)5-6-12(10)21-13-4-2-3-11(14(13)15)18(19)20/h2-8H,17H2,1H3/t8-/m1/s1. The summed E-state index contributed by atoms with van der Waals surface area (Å²) in [7, 11) is 0. The Morgan fingerprint density at radius 1 is 1.33 bits per heavy atom. The molecule has 0 radical (unpaired) electrons. The van der Waals surface area contributed by atoms with E-state index in [9.17, 15) is 14.5 Å². The van der Waals surface area contributed by atoms with Gasteiger partial charge in [-0.15, -0.1) is 0 Å². The van der Waals surface area contributed by atoms with Gasteiger partial charge in [0.15, 0.2) is 0 Å². The first-order chi connectivity index (χ1) is 9.90. The van der Waals surface area contributed by atoms with E-state index in [2.05, 4.69) is 15.9 Å². The highest BCUT2D eigenvalue weighted by Gasteiger charge is 2.18. The van der Waals surface area contributed by atoms with Crippen molar-refractivity contribution in [2.24, 2.45) is 5.73 Å². The normalized spacial score (nSPS) is 12.0. The summed E-state index contributed by atoms with van der Waals surface area (Å²) in [4.78, 5) is 10.4. The number of hydrogen-bond donors (Lipinski definition) is 1. The molecule has 0 saturated heterocycles. The van der Waals surface area contributed by atoms with E-state index in [0.29, 0.717) is 11.3 Å². The Labute approximate surface area is 128 Å². The number of nitro groups is 1. The maximum absolute atomic E-state index is 13.3. The average molecular weight is 355 g/mol. The molecule has 1 atom stereocenters. The van der Waals surface area contributed by atoms with Gasteiger partial charge in [-0.2, -0.15) is 0 Å². The Morgan fingerprint density at radius 2 is 2.05 bits per heavy atom. The van der Waals surface area contributed by atoms with Gasteiger partial charge < -0.3 is 10.5 Å². The third-order valence-electron chi connectivity index (χ3n) is 2.82. The molecule has 0 fully saturated rings. The molecule has 2 rings (SSSR count). The van der Waals surface area contributed by atoms with Crippen LogP contribution in [0.3, 0.4) is 0 Å². The molecule has 0 spiro atoms. The van der Waals surface area contributed by atoms with Gasteiger partial charge in [0.1, 0.15) is 21.8 Å². The van der Waals surface area contributed by atoms with Gasteiger partial charge in [-0.3, -0.25) is 10.1 Å². The van der Waals surface area contributed by atoms with Gasteiger partial charge in [0.05, 0.1) is 4.92 Å². The van der Waals surface area contributed by atoms with Gasteiger partial charge in [0.2, 0.25) is 0 Å². The minimum Gasteiger partial charge on any atom is -0.456 e. The predicted octanol–water partition coefficient (Wildman–Crippen LogP) is 4.31. The lowest BCUT2D eigenvalue weighted by Crippen LogP contribution is -2.07. The molecule has 2 aromatic rings. The third-order valence-corrected chi connectivity index (χ3v) is 3.62. The van der Waals surface area contributed by atoms with E-state index in [1.54, 1.807) is 13.0 Å². The van der Waals surface area contributed by atoms with Crippen LogP contribution in [-0.2, 0) is 0 Å². The number of ether oxygens (including phenoxy) is 1. The number of nitro benzene ring substituents is 1. The molecule has 110 valence electrons. The van der Waals surface area contributed by atoms with Gasteiger partial charge in [-0.1, -0.05) is 6.07 Å². The van der Waals surface area contributed by atoms with Crippen LogP contribution in [0.5, 0.6) is 11.5 Å². The summed E-state index contributed by atoms with van der Waals surface area (Å²) in [6.07, 6.45) is 0. The molecular weight excluding hydrogens is 343 g/mol. The molecule has 5 nitrogen and oxygen atoms in total. The predicted molar refractivity (Wildman–Crippen MR) is 79.9 cm³/mol. The second kappa shape index (κ2) is 6.19. The molecule has 0 aliphatic heterocycles. The summed E-state index contributed by atoms with van der Waals surface area (Å²) in [6, 6.07) is 7.97. The SMILES string of the molecule is C[C@@H](N)c1cc(F)ccc1Oc1cccc([N+](=O)[O-])c1Br. The highest BCUT2D eigenvalue weighted by molar-refractivity contribution is 9.10. The van der Waals surface area contributed by atoms with Crippen LogP contribution in [0.2, 0.25) is 0 Å². The van der Waals surface area contributed by atoms with Crippen molar-refractivity contribution in [1.82, 2.24) is 0 Å². The van der Waals surface area contributed by atoms with Crippen molar-refractivity contribution in [1.29, 1.82) is 0 Å². The quantitative estimate of drug-likeness (QED) is 0.655. The minimum atomic E-state index is -0.520. The number of halogens is 2. The highest BCUT2D eigenvalue weighted by atomic mass is 79.9. The van der Waals surface area contributed by atoms with Crippen LogP contribution in [0.1, 0.15) is 18.5 Å². The minimum absolute atomic E-state index is 0.114. The Balaban J connectivity index is 2.44. The van der Waals surface area contributed by atoms with Crippen molar-refractivity contribution in [3.8, 4) is 11.5 Å². The van der Waals surface area contributed by atoms with Gasteiger partial charge in [0, 0.05) is 17.7 Å². The molecule has 7 heteroatoms. The Hall–Kier alpha value is -1.99. The van der Waals surface area contributed by atoms with Gasteiger partial charge in [0.25, 0.3) is 5.69 Å². The molecule has 0 bridgehead atoms. The first-order valence-electron chi connectivity index (χ1n) is 6.06. The summed E-state index contributed by atoms with van der Waals surface area (Å²) >= 11 is 3.14. The Kier molecular flexibility index (Phi) is 4.54. The molecule has 2 aromatic carbocycles. The highest BCUT2D eigenvalue weighted by Crippen LogP contribution is 2.38. The van der Waals surface area contributed by atoms with Crippen molar-refractivity contribution in [2.75, 3.05) is 0 Å². The molecule has 0 aromatic heterocycles. The molecule has 0 saturated carbocycles. The summed E-state index contributed by atoms with van der Waals surface area (Å²) in [5.41, 5.74) is 6.15. The molecule has 2 N–H and O–H groups in total. The van der Waals surface area contributed by atoms with Crippen molar-refractivity contribution < 1.29 is 14.1 Å². The topological polar surface area (TPSA) is 78.4 Å². The van der Waals surface area contributed by atoms with E-state index >= 15 is 0 Å². The molecular formula is C14H12BrFN2O3. The fourth-order valence-electron chi connectivity index (χ4n) is 1.81. The van der Waals surface area contributed by atoms with Crippen LogP contribution < -0.4 is 10.5 Å². The Bertz CT molecular complexity index is 692. The molecule has 0 amide bonds. The van der Waals surface area contributed by atoms with Crippen LogP contribution in [0.4, 0.5) is 10.1 Å². The van der Waals surface area contributed by atoms with E-state index in [4.69, 9.17) is 10.5 Å². The smallest absolute Gasteiger partial charge is 0.287 e.